The van der Waals surface area contributed by atoms with E-state index in [1.807, 2.05) is 0 Å². The predicted molar refractivity (Wildman–Crippen MR) is 87.4 cm³/mol. The fourth-order valence-corrected chi connectivity index (χ4v) is 5.00. The van der Waals surface area contributed by atoms with Gasteiger partial charge in [-0.15, -0.1) is 0 Å². The Kier molecular flexibility index (Phi) is 3.86. The number of hydrogen-bond acceptors (Lipinski definition) is 4. The minimum Gasteiger partial charge on any atom is -0.299 e. The molecule has 1 saturated carbocycles. The number of halogens is 1. The first-order valence-corrected chi connectivity index (χ1v) is 8.76. The second kappa shape index (κ2) is 5.79. The van der Waals surface area contributed by atoms with Crippen LogP contribution in [0.15, 0.2) is 12.1 Å². The van der Waals surface area contributed by atoms with Crippen LogP contribution in [0.25, 0.3) is 0 Å². The quantitative estimate of drug-likeness (QED) is 0.641. The van der Waals surface area contributed by atoms with Crippen molar-refractivity contribution < 1.29 is 14.4 Å². The second-order valence-electron chi connectivity index (χ2n) is 7.44. The fraction of sp³-hybridized carbons (Fsp3) is 0.611. The smallest absolute Gasteiger partial charge is 0.274 e. The fourth-order valence-electron chi connectivity index (χ4n) is 5.00. The van der Waals surface area contributed by atoms with Gasteiger partial charge in [0.25, 0.3) is 5.91 Å². The average Bonchev–Trinajstić information content (AvgIpc) is 2.97. The number of carbonyl (C=O) groups excluding carboxylic acids is 1. The molecule has 0 unspecified atom stereocenters. The summed E-state index contributed by atoms with van der Waals surface area (Å²) in [6, 6.07) is 3.45. The van der Waals surface area contributed by atoms with Gasteiger partial charge >= 0.3 is 0 Å². The van der Waals surface area contributed by atoms with E-state index in [0.717, 1.165) is 25.1 Å². The highest BCUT2D eigenvalue weighted by molar-refractivity contribution is 5.93. The molecule has 0 bridgehead atoms. The minimum absolute atomic E-state index is 0.179. The number of likely N-dealkylation sites (tertiary alicyclic amines) is 1. The lowest BCUT2D eigenvalue weighted by atomic mass is 9.68. The maximum absolute atomic E-state index is 14.5. The van der Waals surface area contributed by atoms with Crippen molar-refractivity contribution in [3.8, 4) is 0 Å². The molecule has 24 heavy (non-hydrogen) atoms. The van der Waals surface area contributed by atoms with Crippen LogP contribution in [0.5, 0.6) is 0 Å². The number of nitrogens with zero attached hydrogens (tertiary/aromatic N) is 2. The molecular formula is C18H24FN3O2. The molecule has 0 aromatic heterocycles. The summed E-state index contributed by atoms with van der Waals surface area (Å²) in [5.74, 6) is -1.01. The molecule has 3 aliphatic rings. The van der Waals surface area contributed by atoms with Crippen LogP contribution in [-0.2, 0) is 13.0 Å². The molecule has 1 spiro atoms. The molecular weight excluding hydrogens is 309 g/mol. The number of benzene rings is 1. The SMILES string of the molecule is CN1CCC[C@@]12CC[C@H]2N1CCc2cc(C(=O)NO)cc(F)c2C1. The van der Waals surface area contributed by atoms with E-state index >= 15 is 0 Å². The number of hydroxylamine groups is 1. The van der Waals surface area contributed by atoms with Gasteiger partial charge in [-0.05, 0) is 63.4 Å². The molecule has 0 radical (unpaired) electrons. The normalized spacial score (nSPS) is 30.2. The third kappa shape index (κ3) is 2.28. The van der Waals surface area contributed by atoms with Crippen LogP contribution in [0, 0.1) is 5.82 Å². The highest BCUT2D eigenvalue weighted by Gasteiger charge is 2.54. The average molecular weight is 333 g/mol. The molecule has 1 aromatic carbocycles. The molecule has 2 N–H and O–H groups in total. The highest BCUT2D eigenvalue weighted by atomic mass is 19.1. The van der Waals surface area contributed by atoms with Crippen LogP contribution >= 0.6 is 0 Å². The Labute approximate surface area is 141 Å². The van der Waals surface area contributed by atoms with Crippen molar-refractivity contribution in [3.05, 3.63) is 34.6 Å². The molecule has 5 nitrogen and oxygen atoms in total. The summed E-state index contributed by atoms with van der Waals surface area (Å²) in [4.78, 5) is 16.5. The van der Waals surface area contributed by atoms with E-state index in [2.05, 4.69) is 16.8 Å². The van der Waals surface area contributed by atoms with Gasteiger partial charge in [-0.2, -0.15) is 0 Å². The Balaban J connectivity index is 1.57. The van der Waals surface area contributed by atoms with Crippen molar-refractivity contribution in [2.24, 2.45) is 0 Å². The molecule has 2 aliphatic heterocycles. The number of nitrogens with one attached hydrogen (secondary N) is 1. The van der Waals surface area contributed by atoms with Crippen molar-refractivity contribution >= 4 is 5.91 Å². The standard InChI is InChI=1S/C18H24FN3O2/c1-21-7-2-5-18(21)6-3-16(18)22-8-4-12-9-13(17(23)20-24)10-15(19)14(12)11-22/h9-10,16,24H,2-8,11H2,1H3,(H,20,23)/t16-,18+/m1/s1. The molecule has 6 heteroatoms. The summed E-state index contributed by atoms with van der Waals surface area (Å²) < 4.78 is 14.5. The molecule has 1 aromatic rings. The molecule has 2 fully saturated rings. The first-order chi connectivity index (χ1) is 11.5. The van der Waals surface area contributed by atoms with Gasteiger partial charge in [-0.1, -0.05) is 0 Å². The molecule has 2 atom stereocenters. The van der Waals surface area contributed by atoms with E-state index < -0.39 is 5.91 Å². The Morgan fingerprint density at radius 2 is 2.21 bits per heavy atom. The van der Waals surface area contributed by atoms with Crippen LogP contribution in [-0.4, -0.2) is 52.6 Å². The van der Waals surface area contributed by atoms with Crippen LogP contribution in [0.4, 0.5) is 4.39 Å². The lowest BCUT2D eigenvalue weighted by Gasteiger charge is -2.56. The Hall–Kier alpha value is -1.50. The third-order valence-electron chi connectivity index (χ3n) is 6.46. The van der Waals surface area contributed by atoms with Crippen LogP contribution in [0.2, 0.25) is 0 Å². The predicted octanol–water partition coefficient (Wildman–Crippen LogP) is 1.93. The van der Waals surface area contributed by atoms with Gasteiger partial charge < -0.3 is 0 Å². The minimum atomic E-state index is -0.662. The van der Waals surface area contributed by atoms with E-state index in [1.54, 1.807) is 11.5 Å². The third-order valence-corrected chi connectivity index (χ3v) is 6.46. The molecule has 1 aliphatic carbocycles. The number of carbonyl (C=O) groups is 1. The largest absolute Gasteiger partial charge is 0.299 e. The van der Waals surface area contributed by atoms with Crippen molar-refractivity contribution in [3.63, 3.8) is 0 Å². The molecule has 1 amide bonds. The van der Waals surface area contributed by atoms with Crippen LogP contribution in [0.1, 0.15) is 47.2 Å². The number of amides is 1. The summed E-state index contributed by atoms with van der Waals surface area (Å²) >= 11 is 0. The topological polar surface area (TPSA) is 55.8 Å². The zero-order valence-electron chi connectivity index (χ0n) is 14.0. The zero-order valence-corrected chi connectivity index (χ0v) is 14.0. The number of rotatable bonds is 2. The van der Waals surface area contributed by atoms with Crippen molar-refractivity contribution in [2.75, 3.05) is 20.1 Å². The lowest BCUT2D eigenvalue weighted by molar-refractivity contribution is -0.0464. The van der Waals surface area contributed by atoms with Gasteiger partial charge in [0.05, 0.1) is 0 Å². The first-order valence-electron chi connectivity index (χ1n) is 8.76. The maximum Gasteiger partial charge on any atom is 0.274 e. The van der Waals surface area contributed by atoms with E-state index in [1.165, 1.54) is 31.7 Å². The molecule has 4 rings (SSSR count). The highest BCUT2D eigenvalue weighted by Crippen LogP contribution is 2.48. The van der Waals surface area contributed by atoms with Gasteiger partial charge in [0.15, 0.2) is 0 Å². The lowest BCUT2D eigenvalue weighted by Crippen LogP contribution is -2.65. The van der Waals surface area contributed by atoms with Crippen molar-refractivity contribution in [1.82, 2.24) is 15.3 Å². The monoisotopic (exact) mass is 333 g/mol. The van der Waals surface area contributed by atoms with Gasteiger partial charge in [-0.25, -0.2) is 9.87 Å². The summed E-state index contributed by atoms with van der Waals surface area (Å²) in [6.45, 7) is 2.67. The molecule has 2 heterocycles. The van der Waals surface area contributed by atoms with E-state index in [-0.39, 0.29) is 11.4 Å². The summed E-state index contributed by atoms with van der Waals surface area (Å²) in [5.41, 5.74) is 3.65. The van der Waals surface area contributed by atoms with Gasteiger partial charge in [0.2, 0.25) is 0 Å². The van der Waals surface area contributed by atoms with Crippen molar-refractivity contribution in [2.45, 2.75) is 50.2 Å². The number of likely N-dealkylation sites (N-methyl/N-ethyl adjacent to an activating group) is 1. The molecule has 1 saturated heterocycles. The van der Waals surface area contributed by atoms with Crippen LogP contribution in [0.3, 0.4) is 0 Å². The Bertz CT molecular complexity index is 680. The Morgan fingerprint density at radius 1 is 1.38 bits per heavy atom. The zero-order chi connectivity index (χ0) is 16.9. The molecule has 130 valence electrons. The van der Waals surface area contributed by atoms with Gasteiger partial charge in [0.1, 0.15) is 5.82 Å². The number of hydrogen-bond donors (Lipinski definition) is 2. The first kappa shape index (κ1) is 16.0. The summed E-state index contributed by atoms with van der Waals surface area (Å²) in [6.07, 6.45) is 5.68. The Morgan fingerprint density at radius 3 is 2.83 bits per heavy atom. The summed E-state index contributed by atoms with van der Waals surface area (Å²) in [5, 5.41) is 8.75. The van der Waals surface area contributed by atoms with Gasteiger partial charge in [-0.3, -0.25) is 19.8 Å². The second-order valence-corrected chi connectivity index (χ2v) is 7.44. The van der Waals surface area contributed by atoms with Crippen molar-refractivity contribution in [1.29, 1.82) is 0 Å². The van der Waals surface area contributed by atoms with Gasteiger partial charge in [0, 0.05) is 35.8 Å². The maximum atomic E-state index is 14.5. The van der Waals surface area contributed by atoms with E-state index in [0.29, 0.717) is 23.7 Å². The number of fused-ring (bicyclic) bond motifs is 1. The van der Waals surface area contributed by atoms with Crippen LogP contribution < -0.4 is 5.48 Å². The van der Waals surface area contributed by atoms with E-state index in [4.69, 9.17) is 5.21 Å². The van der Waals surface area contributed by atoms with E-state index in [9.17, 15) is 9.18 Å². The summed E-state index contributed by atoms with van der Waals surface area (Å²) in [7, 11) is 2.22.